The van der Waals surface area contributed by atoms with Crippen LogP contribution in [0.1, 0.15) is 12.5 Å². The Morgan fingerprint density at radius 1 is 1.03 bits per heavy atom. The number of aromatic nitrogens is 3. The fourth-order valence-corrected chi connectivity index (χ4v) is 4.17. The molecule has 0 aliphatic rings. The van der Waals surface area contributed by atoms with Crippen molar-refractivity contribution in [3.8, 4) is 22.8 Å². The van der Waals surface area contributed by atoms with Crippen LogP contribution in [0.25, 0.3) is 17.1 Å². The van der Waals surface area contributed by atoms with E-state index < -0.39 is 0 Å². The second-order valence-electron chi connectivity index (χ2n) is 7.23. The highest BCUT2D eigenvalue weighted by molar-refractivity contribution is 9.10. The first kappa shape index (κ1) is 23.7. The van der Waals surface area contributed by atoms with E-state index in [-0.39, 0.29) is 11.7 Å². The van der Waals surface area contributed by atoms with Gasteiger partial charge in [0.05, 0.1) is 18.6 Å². The molecule has 0 bridgehead atoms. The lowest BCUT2D eigenvalue weighted by molar-refractivity contribution is -0.118. The van der Waals surface area contributed by atoms with Gasteiger partial charge in [0, 0.05) is 15.7 Å². The van der Waals surface area contributed by atoms with Crippen LogP contribution in [0.3, 0.4) is 0 Å². The number of thioether (sulfide) groups is 1. The molecule has 0 radical (unpaired) electrons. The van der Waals surface area contributed by atoms with Gasteiger partial charge in [-0.3, -0.25) is 9.36 Å². The van der Waals surface area contributed by atoms with Gasteiger partial charge >= 0.3 is 0 Å². The molecule has 0 saturated heterocycles. The minimum Gasteiger partial charge on any atom is -0.497 e. The third kappa shape index (κ3) is 5.73. The standard InChI is InChI=1S/C25H22BrN5O2S/c1-17(18-8-14-22(33-2)15-9-18)27-28-23(32)16-34-25-30-29-24(19-6-4-3-5-7-19)31(25)21-12-10-20(26)11-13-21/h3-15H,16H2,1-2H3,(H,28,32)/b27-17+. The number of rotatable bonds is 8. The van der Waals surface area contributed by atoms with E-state index in [9.17, 15) is 4.79 Å². The van der Waals surface area contributed by atoms with Crippen LogP contribution < -0.4 is 10.2 Å². The summed E-state index contributed by atoms with van der Waals surface area (Å²) in [5.74, 6) is 1.38. The largest absolute Gasteiger partial charge is 0.497 e. The molecule has 0 fully saturated rings. The average molecular weight is 536 g/mol. The van der Waals surface area contributed by atoms with Crippen molar-refractivity contribution in [2.24, 2.45) is 5.10 Å². The van der Waals surface area contributed by atoms with Crippen LogP contribution >= 0.6 is 27.7 Å². The molecule has 34 heavy (non-hydrogen) atoms. The molecule has 1 N–H and O–H groups in total. The number of benzene rings is 3. The average Bonchev–Trinajstić information content (AvgIpc) is 3.31. The predicted molar refractivity (Wildman–Crippen MR) is 139 cm³/mol. The van der Waals surface area contributed by atoms with Crippen LogP contribution in [0, 0.1) is 0 Å². The van der Waals surface area contributed by atoms with E-state index >= 15 is 0 Å². The molecule has 3 aromatic carbocycles. The third-order valence-electron chi connectivity index (χ3n) is 4.94. The summed E-state index contributed by atoms with van der Waals surface area (Å²) in [5, 5.41) is 13.6. The summed E-state index contributed by atoms with van der Waals surface area (Å²) in [4.78, 5) is 12.5. The Balaban J connectivity index is 1.49. The monoisotopic (exact) mass is 535 g/mol. The molecule has 9 heteroatoms. The van der Waals surface area contributed by atoms with Crippen LogP contribution in [0.2, 0.25) is 0 Å². The van der Waals surface area contributed by atoms with Gasteiger partial charge in [0.25, 0.3) is 5.91 Å². The number of hydrogen-bond acceptors (Lipinski definition) is 6. The molecular formula is C25H22BrN5O2S. The molecule has 1 heterocycles. The number of hydrazone groups is 1. The first-order chi connectivity index (χ1) is 16.5. The second-order valence-corrected chi connectivity index (χ2v) is 9.09. The fourth-order valence-electron chi connectivity index (χ4n) is 3.17. The summed E-state index contributed by atoms with van der Waals surface area (Å²) < 4.78 is 8.10. The molecule has 1 amide bonds. The number of nitrogens with zero attached hydrogens (tertiary/aromatic N) is 4. The van der Waals surface area contributed by atoms with Crippen LogP contribution in [0.5, 0.6) is 5.75 Å². The maximum absolute atomic E-state index is 12.5. The molecule has 7 nitrogen and oxygen atoms in total. The zero-order valence-electron chi connectivity index (χ0n) is 18.6. The van der Waals surface area contributed by atoms with Gasteiger partial charge in [-0.25, -0.2) is 5.43 Å². The molecule has 0 aliphatic heterocycles. The molecule has 1 aromatic heterocycles. The van der Waals surface area contributed by atoms with Crippen LogP contribution in [-0.2, 0) is 4.79 Å². The van der Waals surface area contributed by atoms with Gasteiger partial charge in [0.1, 0.15) is 5.75 Å². The minimum absolute atomic E-state index is 0.142. The van der Waals surface area contributed by atoms with Gasteiger partial charge < -0.3 is 4.74 Å². The number of hydrogen-bond donors (Lipinski definition) is 1. The van der Waals surface area contributed by atoms with Crippen molar-refractivity contribution < 1.29 is 9.53 Å². The molecular weight excluding hydrogens is 514 g/mol. The number of ether oxygens (including phenoxy) is 1. The molecule has 172 valence electrons. The Kier molecular flexibility index (Phi) is 7.76. The van der Waals surface area contributed by atoms with Gasteiger partial charge in [0.15, 0.2) is 11.0 Å². The number of amides is 1. The van der Waals surface area contributed by atoms with Crippen molar-refractivity contribution in [3.05, 3.63) is 88.9 Å². The highest BCUT2D eigenvalue weighted by atomic mass is 79.9. The van der Waals surface area contributed by atoms with E-state index in [0.29, 0.717) is 16.7 Å². The predicted octanol–water partition coefficient (Wildman–Crippen LogP) is 5.34. The van der Waals surface area contributed by atoms with Crippen molar-refractivity contribution >= 4 is 39.3 Å². The van der Waals surface area contributed by atoms with E-state index in [1.54, 1.807) is 7.11 Å². The van der Waals surface area contributed by atoms with E-state index in [4.69, 9.17) is 4.74 Å². The molecule has 0 atom stereocenters. The van der Waals surface area contributed by atoms with Crippen LogP contribution in [-0.4, -0.2) is 39.2 Å². The van der Waals surface area contributed by atoms with E-state index in [1.807, 2.05) is 90.4 Å². The summed E-state index contributed by atoms with van der Waals surface area (Å²) >= 11 is 4.78. The van der Waals surface area contributed by atoms with Crippen LogP contribution in [0.15, 0.2) is 93.6 Å². The SMILES string of the molecule is COc1ccc(/C(C)=N/NC(=O)CSc2nnc(-c3ccccc3)n2-c2ccc(Br)cc2)cc1. The van der Waals surface area contributed by atoms with Gasteiger partial charge in [0.2, 0.25) is 0 Å². The molecule has 0 unspecified atom stereocenters. The lowest BCUT2D eigenvalue weighted by Crippen LogP contribution is -2.21. The van der Waals surface area contributed by atoms with Crippen molar-refractivity contribution in [2.75, 3.05) is 12.9 Å². The van der Waals surface area contributed by atoms with Crippen molar-refractivity contribution in [3.63, 3.8) is 0 Å². The summed E-state index contributed by atoms with van der Waals surface area (Å²) in [7, 11) is 1.62. The lowest BCUT2D eigenvalue weighted by atomic mass is 10.1. The summed E-state index contributed by atoms with van der Waals surface area (Å²) in [6.45, 7) is 1.84. The van der Waals surface area contributed by atoms with Gasteiger partial charge in [-0.15, -0.1) is 10.2 Å². The van der Waals surface area contributed by atoms with Crippen molar-refractivity contribution in [1.29, 1.82) is 0 Å². The maximum atomic E-state index is 12.5. The number of carbonyl (C=O) groups excluding carboxylic acids is 1. The number of methoxy groups -OCH3 is 1. The van der Waals surface area contributed by atoms with Crippen molar-refractivity contribution in [1.82, 2.24) is 20.2 Å². The lowest BCUT2D eigenvalue weighted by Gasteiger charge is -2.10. The molecule has 0 spiro atoms. The van der Waals surface area contributed by atoms with Gasteiger partial charge in [-0.05, 0) is 61.0 Å². The first-order valence-corrected chi connectivity index (χ1v) is 12.2. The number of nitrogens with one attached hydrogen (secondary N) is 1. The summed E-state index contributed by atoms with van der Waals surface area (Å²) in [6.07, 6.45) is 0. The fraction of sp³-hybridized carbons (Fsp3) is 0.120. The molecule has 4 rings (SSSR count). The topological polar surface area (TPSA) is 81.4 Å². The molecule has 0 saturated carbocycles. The third-order valence-corrected chi connectivity index (χ3v) is 6.40. The zero-order valence-corrected chi connectivity index (χ0v) is 21.0. The van der Waals surface area contributed by atoms with Gasteiger partial charge in [-0.1, -0.05) is 58.0 Å². The van der Waals surface area contributed by atoms with Crippen LogP contribution in [0.4, 0.5) is 0 Å². The highest BCUT2D eigenvalue weighted by Gasteiger charge is 2.17. The Hall–Kier alpha value is -3.43. The number of halogens is 1. The second kappa shape index (κ2) is 11.1. The molecule has 0 aliphatic carbocycles. The number of carbonyl (C=O) groups is 1. The first-order valence-electron chi connectivity index (χ1n) is 10.4. The Morgan fingerprint density at radius 2 is 1.74 bits per heavy atom. The summed E-state index contributed by atoms with van der Waals surface area (Å²) in [5.41, 5.74) is 6.06. The molecule has 4 aromatic rings. The summed E-state index contributed by atoms with van der Waals surface area (Å²) in [6, 6.07) is 25.2. The Labute approximate surface area is 210 Å². The Morgan fingerprint density at radius 3 is 2.41 bits per heavy atom. The van der Waals surface area contributed by atoms with E-state index in [2.05, 4.69) is 36.7 Å². The quantitative estimate of drug-likeness (QED) is 0.187. The van der Waals surface area contributed by atoms with Crippen molar-refractivity contribution in [2.45, 2.75) is 12.1 Å². The Bertz CT molecular complexity index is 1290. The smallest absolute Gasteiger partial charge is 0.250 e. The van der Waals surface area contributed by atoms with Gasteiger partial charge in [-0.2, -0.15) is 5.10 Å². The van der Waals surface area contributed by atoms with E-state index in [1.165, 1.54) is 11.8 Å². The zero-order chi connectivity index (χ0) is 23.9. The minimum atomic E-state index is -0.232. The maximum Gasteiger partial charge on any atom is 0.250 e. The highest BCUT2D eigenvalue weighted by Crippen LogP contribution is 2.28. The van der Waals surface area contributed by atoms with E-state index in [0.717, 1.165) is 27.0 Å². The normalized spacial score (nSPS) is 11.3.